The van der Waals surface area contributed by atoms with Crippen LogP contribution in [-0.2, 0) is 33.2 Å². The molecule has 66 heavy (non-hydrogen) atoms. The highest BCUT2D eigenvalue weighted by atomic mass is 16.7. The third-order valence-corrected chi connectivity index (χ3v) is 12.4. The lowest BCUT2D eigenvalue weighted by Crippen LogP contribution is -2.61. The molecule has 0 aliphatic carbocycles. The summed E-state index contributed by atoms with van der Waals surface area (Å²) in [5, 5.41) is 72.1. The van der Waals surface area contributed by atoms with E-state index in [-0.39, 0.29) is 25.6 Å². The molecule has 0 bridgehead atoms. The molecule has 0 aromatic carbocycles. The zero-order chi connectivity index (χ0) is 48.0. The monoisotopic (exact) mass is 943 g/mol. The summed E-state index contributed by atoms with van der Waals surface area (Å²) in [5.41, 5.74) is 0. The summed E-state index contributed by atoms with van der Waals surface area (Å²) in [5.74, 6) is -0.386. The molecule has 0 amide bonds. The van der Waals surface area contributed by atoms with Crippen LogP contribution in [0.3, 0.4) is 0 Å². The SMILES string of the molecule is CCCCCC/C=C\C/C=C\CCCCCCCCCC(=O)OC(COCCCCCCCC/C=C\CCCCCC)COC1OC(COC2OC(CO)C(O)C(O)C2O)C(O)C(O)C1O. The average Bonchev–Trinajstić information content (AvgIpc) is 3.31. The lowest BCUT2D eigenvalue weighted by atomic mass is 9.98. The molecule has 2 aliphatic rings. The van der Waals surface area contributed by atoms with Gasteiger partial charge in [-0.3, -0.25) is 4.79 Å². The third-order valence-electron chi connectivity index (χ3n) is 12.4. The molecule has 2 aliphatic heterocycles. The average molecular weight is 943 g/mol. The molecule has 0 aromatic heterocycles. The number of hydrogen-bond donors (Lipinski definition) is 7. The second-order valence-corrected chi connectivity index (χ2v) is 18.3. The van der Waals surface area contributed by atoms with Crippen molar-refractivity contribution >= 4 is 5.97 Å². The van der Waals surface area contributed by atoms with E-state index in [2.05, 4.69) is 50.3 Å². The molecule has 2 heterocycles. The van der Waals surface area contributed by atoms with Crippen LogP contribution in [0.4, 0.5) is 0 Å². The number of aliphatic hydroxyl groups excluding tert-OH is 7. The topological polar surface area (TPSA) is 214 Å². The number of rotatable bonds is 41. The van der Waals surface area contributed by atoms with E-state index in [9.17, 15) is 40.5 Å². The maximum absolute atomic E-state index is 13.0. The van der Waals surface area contributed by atoms with Gasteiger partial charge in [0.1, 0.15) is 54.9 Å². The van der Waals surface area contributed by atoms with E-state index in [1.54, 1.807) is 0 Å². The van der Waals surface area contributed by atoms with Crippen LogP contribution in [-0.4, -0.2) is 142 Å². The number of carbonyl (C=O) groups is 1. The van der Waals surface area contributed by atoms with Crippen LogP contribution < -0.4 is 0 Å². The molecule has 2 rings (SSSR count). The van der Waals surface area contributed by atoms with Crippen molar-refractivity contribution in [1.29, 1.82) is 0 Å². The smallest absolute Gasteiger partial charge is 0.306 e. The zero-order valence-electron chi connectivity index (χ0n) is 40.9. The van der Waals surface area contributed by atoms with Crippen molar-refractivity contribution < 1.29 is 69.0 Å². The molecule has 386 valence electrons. The molecular weight excluding hydrogens is 849 g/mol. The first kappa shape index (κ1) is 60.3. The summed E-state index contributed by atoms with van der Waals surface area (Å²) in [7, 11) is 0. The fourth-order valence-corrected chi connectivity index (χ4v) is 8.07. The van der Waals surface area contributed by atoms with Crippen LogP contribution in [0.1, 0.15) is 187 Å². The fourth-order valence-electron chi connectivity index (χ4n) is 8.07. The quantitative estimate of drug-likeness (QED) is 0.0177. The minimum absolute atomic E-state index is 0.0547. The molecule has 11 atom stereocenters. The van der Waals surface area contributed by atoms with Gasteiger partial charge in [0.05, 0.1) is 26.4 Å². The second kappa shape index (κ2) is 40.0. The van der Waals surface area contributed by atoms with Gasteiger partial charge < -0.3 is 64.2 Å². The number of carbonyl (C=O) groups excluding carboxylic acids is 1. The van der Waals surface area contributed by atoms with Crippen molar-refractivity contribution in [3.63, 3.8) is 0 Å². The predicted molar refractivity (Wildman–Crippen MR) is 256 cm³/mol. The number of unbranched alkanes of at least 4 members (excludes halogenated alkanes) is 21. The van der Waals surface area contributed by atoms with Crippen LogP contribution in [0.5, 0.6) is 0 Å². The minimum Gasteiger partial charge on any atom is -0.457 e. The molecule has 0 aromatic rings. The Labute approximate surface area is 398 Å². The van der Waals surface area contributed by atoms with E-state index in [1.165, 1.54) is 103 Å². The standard InChI is InChI=1S/C52H94O14/c1-3-5-7-9-11-13-15-17-19-20-21-22-23-25-27-29-31-33-35-44(54)64-41(38-61-36-34-32-30-28-26-24-18-16-14-12-10-8-6-4-2)39-62-51-50(60)48(58)46(56)43(66-51)40-63-52-49(59)47(57)45(55)42(37-53)65-52/h13-16,19-20,41-43,45-53,55-60H,3-12,17-18,21-40H2,1-2H3/b15-13-,16-14-,20-19-. The van der Waals surface area contributed by atoms with Gasteiger partial charge in [-0.15, -0.1) is 0 Å². The lowest BCUT2D eigenvalue weighted by Gasteiger charge is -2.42. The van der Waals surface area contributed by atoms with Gasteiger partial charge in [0.15, 0.2) is 12.6 Å². The predicted octanol–water partition coefficient (Wildman–Crippen LogP) is 7.80. The van der Waals surface area contributed by atoms with Gasteiger partial charge in [0.25, 0.3) is 0 Å². The summed E-state index contributed by atoms with van der Waals surface area (Å²) in [4.78, 5) is 13.0. The maximum atomic E-state index is 13.0. The van der Waals surface area contributed by atoms with Crippen molar-refractivity contribution in [2.75, 3.05) is 33.0 Å². The Bertz CT molecular complexity index is 1230. The summed E-state index contributed by atoms with van der Waals surface area (Å²) >= 11 is 0. The first-order valence-corrected chi connectivity index (χ1v) is 26.1. The van der Waals surface area contributed by atoms with Gasteiger partial charge in [0, 0.05) is 13.0 Å². The van der Waals surface area contributed by atoms with E-state index < -0.39 is 80.7 Å². The number of hydrogen-bond acceptors (Lipinski definition) is 14. The normalized spacial score (nSPS) is 26.6. The number of ether oxygens (including phenoxy) is 6. The Morgan fingerprint density at radius 3 is 1.47 bits per heavy atom. The largest absolute Gasteiger partial charge is 0.457 e. The molecule has 7 N–H and O–H groups in total. The van der Waals surface area contributed by atoms with Crippen LogP contribution in [0.15, 0.2) is 36.5 Å². The van der Waals surface area contributed by atoms with Crippen molar-refractivity contribution in [1.82, 2.24) is 0 Å². The maximum Gasteiger partial charge on any atom is 0.306 e. The summed E-state index contributed by atoms with van der Waals surface area (Å²) in [6.07, 6.45) is 27.7. The van der Waals surface area contributed by atoms with Crippen molar-refractivity contribution in [3.05, 3.63) is 36.5 Å². The van der Waals surface area contributed by atoms with Gasteiger partial charge in [-0.2, -0.15) is 0 Å². The van der Waals surface area contributed by atoms with E-state index in [1.807, 2.05) is 0 Å². The Morgan fingerprint density at radius 2 is 0.939 bits per heavy atom. The van der Waals surface area contributed by atoms with Gasteiger partial charge in [-0.25, -0.2) is 0 Å². The van der Waals surface area contributed by atoms with E-state index in [0.717, 1.165) is 57.8 Å². The molecular formula is C52H94O14. The van der Waals surface area contributed by atoms with Gasteiger partial charge in [-0.05, 0) is 70.6 Å². The van der Waals surface area contributed by atoms with Crippen LogP contribution >= 0.6 is 0 Å². The van der Waals surface area contributed by atoms with Crippen LogP contribution in [0.25, 0.3) is 0 Å². The number of allylic oxidation sites excluding steroid dienone is 6. The fraction of sp³-hybridized carbons (Fsp3) is 0.865. The van der Waals surface area contributed by atoms with Crippen molar-refractivity contribution in [2.45, 2.75) is 255 Å². The zero-order valence-corrected chi connectivity index (χ0v) is 40.9. The molecule has 11 unspecified atom stereocenters. The Morgan fingerprint density at radius 1 is 0.500 bits per heavy atom. The molecule has 0 radical (unpaired) electrons. The van der Waals surface area contributed by atoms with Crippen LogP contribution in [0.2, 0.25) is 0 Å². The van der Waals surface area contributed by atoms with E-state index in [4.69, 9.17) is 28.4 Å². The highest BCUT2D eigenvalue weighted by Gasteiger charge is 2.47. The summed E-state index contributed by atoms with van der Waals surface area (Å²) in [6.45, 7) is 3.64. The summed E-state index contributed by atoms with van der Waals surface area (Å²) in [6, 6.07) is 0. The molecule has 0 spiro atoms. The van der Waals surface area contributed by atoms with E-state index in [0.29, 0.717) is 13.0 Å². The first-order chi connectivity index (χ1) is 32.1. The highest BCUT2D eigenvalue weighted by molar-refractivity contribution is 5.69. The third kappa shape index (κ3) is 27.4. The first-order valence-electron chi connectivity index (χ1n) is 26.1. The highest BCUT2D eigenvalue weighted by Crippen LogP contribution is 2.26. The van der Waals surface area contributed by atoms with Gasteiger partial charge >= 0.3 is 5.97 Å². The number of aliphatic hydroxyl groups is 7. The Kier molecular flexibility index (Phi) is 36.6. The number of esters is 1. The lowest BCUT2D eigenvalue weighted by molar-refractivity contribution is -0.332. The Hall–Kier alpha value is -1.79. The second-order valence-electron chi connectivity index (χ2n) is 18.3. The minimum atomic E-state index is -1.71. The molecule has 2 fully saturated rings. The molecule has 14 nitrogen and oxygen atoms in total. The van der Waals surface area contributed by atoms with Gasteiger partial charge in [0.2, 0.25) is 0 Å². The van der Waals surface area contributed by atoms with E-state index >= 15 is 0 Å². The van der Waals surface area contributed by atoms with Crippen molar-refractivity contribution in [3.8, 4) is 0 Å². The molecule has 0 saturated carbocycles. The van der Waals surface area contributed by atoms with Crippen LogP contribution in [0, 0.1) is 0 Å². The van der Waals surface area contributed by atoms with Gasteiger partial charge in [-0.1, -0.05) is 147 Å². The summed E-state index contributed by atoms with van der Waals surface area (Å²) < 4.78 is 34.3. The molecule has 14 heteroatoms. The molecule has 2 saturated heterocycles. The van der Waals surface area contributed by atoms with Crippen molar-refractivity contribution in [2.24, 2.45) is 0 Å². The Balaban J connectivity index is 1.77.